The Balaban J connectivity index is 1.92. The molecule has 3 heteroatoms. The normalized spacial score (nSPS) is 18.3. The summed E-state index contributed by atoms with van der Waals surface area (Å²) in [6.45, 7) is 3.47. The standard InChI is InChI=1S/C11H17N3/c12-11-5-4-10(8-13-11)9-14-6-2-1-3-7-14/h4-5,8H,1-3,6-7,9H2,(H2,12,13). The molecule has 76 valence electrons. The summed E-state index contributed by atoms with van der Waals surface area (Å²) in [4.78, 5) is 6.58. The summed E-state index contributed by atoms with van der Waals surface area (Å²) in [7, 11) is 0. The largest absolute Gasteiger partial charge is 0.384 e. The summed E-state index contributed by atoms with van der Waals surface area (Å²) in [5, 5.41) is 0. The van der Waals surface area contributed by atoms with E-state index in [1.165, 1.54) is 37.9 Å². The lowest BCUT2D eigenvalue weighted by atomic mass is 10.1. The van der Waals surface area contributed by atoms with Gasteiger partial charge in [0.1, 0.15) is 5.82 Å². The number of nitrogens with two attached hydrogens (primary N) is 1. The van der Waals surface area contributed by atoms with Gasteiger partial charge in [0.15, 0.2) is 0 Å². The van der Waals surface area contributed by atoms with Crippen LogP contribution in [0.4, 0.5) is 5.82 Å². The predicted molar refractivity (Wildman–Crippen MR) is 57.8 cm³/mol. The zero-order chi connectivity index (χ0) is 9.80. The number of hydrogen-bond donors (Lipinski definition) is 1. The number of nitrogen functional groups attached to an aromatic ring is 1. The highest BCUT2D eigenvalue weighted by Crippen LogP contribution is 2.12. The lowest BCUT2D eigenvalue weighted by Crippen LogP contribution is -2.29. The monoisotopic (exact) mass is 191 g/mol. The summed E-state index contributed by atoms with van der Waals surface area (Å²) < 4.78 is 0. The summed E-state index contributed by atoms with van der Waals surface area (Å²) in [6, 6.07) is 3.94. The molecule has 2 heterocycles. The van der Waals surface area contributed by atoms with Gasteiger partial charge in [-0.05, 0) is 37.6 Å². The highest BCUT2D eigenvalue weighted by molar-refractivity contribution is 5.29. The van der Waals surface area contributed by atoms with Crippen LogP contribution in [-0.2, 0) is 6.54 Å². The Hall–Kier alpha value is -1.09. The lowest BCUT2D eigenvalue weighted by molar-refractivity contribution is 0.220. The van der Waals surface area contributed by atoms with Gasteiger partial charge >= 0.3 is 0 Å². The second-order valence-corrected chi connectivity index (χ2v) is 3.93. The van der Waals surface area contributed by atoms with Gasteiger partial charge in [0, 0.05) is 12.7 Å². The Morgan fingerprint density at radius 2 is 2.00 bits per heavy atom. The van der Waals surface area contributed by atoms with Crippen LogP contribution >= 0.6 is 0 Å². The Morgan fingerprint density at radius 3 is 2.64 bits per heavy atom. The van der Waals surface area contributed by atoms with E-state index in [-0.39, 0.29) is 0 Å². The van der Waals surface area contributed by atoms with Crippen LogP contribution in [0.15, 0.2) is 18.3 Å². The Bertz CT molecular complexity index is 275. The number of pyridine rings is 1. The summed E-state index contributed by atoms with van der Waals surface area (Å²) >= 11 is 0. The molecule has 1 aliphatic heterocycles. The van der Waals surface area contributed by atoms with E-state index in [1.54, 1.807) is 0 Å². The zero-order valence-corrected chi connectivity index (χ0v) is 8.45. The van der Waals surface area contributed by atoms with E-state index in [1.807, 2.05) is 12.3 Å². The zero-order valence-electron chi connectivity index (χ0n) is 8.45. The molecule has 0 spiro atoms. The van der Waals surface area contributed by atoms with Gasteiger partial charge in [0.25, 0.3) is 0 Å². The van der Waals surface area contributed by atoms with Crippen LogP contribution in [0.2, 0.25) is 0 Å². The number of aromatic nitrogens is 1. The van der Waals surface area contributed by atoms with Crippen LogP contribution in [0.25, 0.3) is 0 Å². The molecule has 1 aromatic heterocycles. The molecule has 0 aliphatic carbocycles. The van der Waals surface area contributed by atoms with E-state index in [9.17, 15) is 0 Å². The smallest absolute Gasteiger partial charge is 0.123 e. The van der Waals surface area contributed by atoms with Gasteiger partial charge in [-0.15, -0.1) is 0 Å². The van der Waals surface area contributed by atoms with Crippen LogP contribution in [0.1, 0.15) is 24.8 Å². The van der Waals surface area contributed by atoms with Gasteiger partial charge in [0.05, 0.1) is 0 Å². The Kier molecular flexibility index (Phi) is 2.99. The highest BCUT2D eigenvalue weighted by Gasteiger charge is 2.09. The van der Waals surface area contributed by atoms with E-state index >= 15 is 0 Å². The van der Waals surface area contributed by atoms with E-state index in [2.05, 4.69) is 16.0 Å². The minimum atomic E-state index is 0.604. The van der Waals surface area contributed by atoms with Gasteiger partial charge in [0.2, 0.25) is 0 Å². The third-order valence-electron chi connectivity index (χ3n) is 2.70. The third kappa shape index (κ3) is 2.45. The molecule has 0 amide bonds. The predicted octanol–water partition coefficient (Wildman–Crippen LogP) is 1.65. The fourth-order valence-electron chi connectivity index (χ4n) is 1.91. The van der Waals surface area contributed by atoms with Crippen molar-refractivity contribution in [2.75, 3.05) is 18.8 Å². The molecule has 0 bridgehead atoms. The molecule has 1 aromatic rings. The minimum absolute atomic E-state index is 0.604. The number of nitrogens with zero attached hydrogens (tertiary/aromatic N) is 2. The molecule has 3 nitrogen and oxygen atoms in total. The van der Waals surface area contributed by atoms with Crippen LogP contribution in [0.5, 0.6) is 0 Å². The fraction of sp³-hybridized carbons (Fsp3) is 0.545. The Labute approximate surface area is 84.9 Å². The van der Waals surface area contributed by atoms with Crippen molar-refractivity contribution < 1.29 is 0 Å². The maximum Gasteiger partial charge on any atom is 0.123 e. The van der Waals surface area contributed by atoms with Gasteiger partial charge in [-0.1, -0.05) is 12.5 Å². The van der Waals surface area contributed by atoms with E-state index < -0.39 is 0 Å². The number of anilines is 1. The maximum atomic E-state index is 5.54. The average Bonchev–Trinajstić information content (AvgIpc) is 2.23. The van der Waals surface area contributed by atoms with Crippen molar-refractivity contribution in [1.82, 2.24) is 9.88 Å². The van der Waals surface area contributed by atoms with Crippen molar-refractivity contribution in [2.24, 2.45) is 0 Å². The molecule has 2 rings (SSSR count). The molecular weight excluding hydrogens is 174 g/mol. The van der Waals surface area contributed by atoms with Crippen LogP contribution in [0, 0.1) is 0 Å². The van der Waals surface area contributed by atoms with E-state index in [0.717, 1.165) is 6.54 Å². The van der Waals surface area contributed by atoms with Crippen LogP contribution < -0.4 is 5.73 Å². The molecule has 2 N–H and O–H groups in total. The summed E-state index contributed by atoms with van der Waals surface area (Å²) in [5.41, 5.74) is 6.80. The Morgan fingerprint density at radius 1 is 1.21 bits per heavy atom. The second-order valence-electron chi connectivity index (χ2n) is 3.93. The topological polar surface area (TPSA) is 42.1 Å². The SMILES string of the molecule is Nc1ccc(CN2CCCCC2)cn1. The molecular formula is C11H17N3. The highest BCUT2D eigenvalue weighted by atomic mass is 15.1. The van der Waals surface area contributed by atoms with Crippen molar-refractivity contribution in [3.8, 4) is 0 Å². The van der Waals surface area contributed by atoms with Gasteiger partial charge in [-0.25, -0.2) is 4.98 Å². The van der Waals surface area contributed by atoms with E-state index in [0.29, 0.717) is 5.82 Å². The number of rotatable bonds is 2. The first kappa shape index (κ1) is 9.46. The average molecular weight is 191 g/mol. The van der Waals surface area contributed by atoms with E-state index in [4.69, 9.17) is 5.73 Å². The third-order valence-corrected chi connectivity index (χ3v) is 2.70. The van der Waals surface area contributed by atoms with Gasteiger partial charge in [-0.3, -0.25) is 4.90 Å². The van der Waals surface area contributed by atoms with Crippen molar-refractivity contribution in [2.45, 2.75) is 25.8 Å². The molecule has 0 radical (unpaired) electrons. The summed E-state index contributed by atoms with van der Waals surface area (Å²) in [5.74, 6) is 0.604. The number of hydrogen-bond acceptors (Lipinski definition) is 3. The maximum absolute atomic E-state index is 5.54. The first-order chi connectivity index (χ1) is 6.84. The summed E-state index contributed by atoms with van der Waals surface area (Å²) in [6.07, 6.45) is 5.94. The molecule has 0 aromatic carbocycles. The van der Waals surface area contributed by atoms with Gasteiger partial charge < -0.3 is 5.73 Å². The van der Waals surface area contributed by atoms with Crippen LogP contribution in [-0.4, -0.2) is 23.0 Å². The molecule has 0 saturated carbocycles. The van der Waals surface area contributed by atoms with Crippen molar-refractivity contribution in [3.63, 3.8) is 0 Å². The van der Waals surface area contributed by atoms with Crippen molar-refractivity contribution in [3.05, 3.63) is 23.9 Å². The first-order valence-electron chi connectivity index (χ1n) is 5.27. The first-order valence-corrected chi connectivity index (χ1v) is 5.27. The number of likely N-dealkylation sites (tertiary alicyclic amines) is 1. The fourth-order valence-corrected chi connectivity index (χ4v) is 1.91. The lowest BCUT2D eigenvalue weighted by Gasteiger charge is -2.26. The molecule has 1 saturated heterocycles. The van der Waals surface area contributed by atoms with Crippen molar-refractivity contribution >= 4 is 5.82 Å². The molecule has 1 fully saturated rings. The second kappa shape index (κ2) is 4.42. The number of piperidine rings is 1. The molecule has 0 unspecified atom stereocenters. The molecule has 1 aliphatic rings. The van der Waals surface area contributed by atoms with Crippen molar-refractivity contribution in [1.29, 1.82) is 0 Å². The minimum Gasteiger partial charge on any atom is -0.384 e. The molecule has 14 heavy (non-hydrogen) atoms. The quantitative estimate of drug-likeness (QED) is 0.773. The van der Waals surface area contributed by atoms with Crippen LogP contribution in [0.3, 0.4) is 0 Å². The van der Waals surface area contributed by atoms with Gasteiger partial charge in [-0.2, -0.15) is 0 Å². The molecule has 0 atom stereocenters.